The third kappa shape index (κ3) is 3.63. The van der Waals surface area contributed by atoms with Gasteiger partial charge < -0.3 is 15.2 Å². The molecular formula is C17H20N6OS. The number of thiazole rings is 1. The van der Waals surface area contributed by atoms with Crippen molar-refractivity contribution >= 4 is 33.3 Å². The van der Waals surface area contributed by atoms with Crippen LogP contribution in [0.15, 0.2) is 30.0 Å². The van der Waals surface area contributed by atoms with Crippen LogP contribution in [-0.2, 0) is 6.54 Å². The molecule has 4 rings (SSSR count). The second kappa shape index (κ2) is 7.18. The molecule has 3 aromatic rings. The van der Waals surface area contributed by atoms with Crippen LogP contribution in [-0.4, -0.2) is 25.8 Å². The van der Waals surface area contributed by atoms with Crippen molar-refractivity contribution in [3.8, 4) is 0 Å². The number of hydrogen-bond acceptors (Lipinski definition) is 5. The lowest BCUT2D eigenvalue weighted by atomic mass is 9.95. The molecule has 0 spiro atoms. The van der Waals surface area contributed by atoms with Gasteiger partial charge >= 0.3 is 6.03 Å². The molecular weight excluding hydrogens is 336 g/mol. The number of fused-ring (bicyclic) bond motifs is 1. The van der Waals surface area contributed by atoms with Gasteiger partial charge in [-0.25, -0.2) is 9.78 Å². The molecule has 2 N–H and O–H groups in total. The number of aromatic nitrogens is 4. The molecule has 7 nitrogen and oxygen atoms in total. The van der Waals surface area contributed by atoms with E-state index in [0.717, 1.165) is 34.6 Å². The maximum Gasteiger partial charge on any atom is 0.319 e. The molecule has 0 saturated heterocycles. The monoisotopic (exact) mass is 356 g/mol. The summed E-state index contributed by atoms with van der Waals surface area (Å²) in [5.41, 5.74) is 3.49. The minimum Gasteiger partial charge on any atom is -0.331 e. The highest BCUT2D eigenvalue weighted by Crippen LogP contribution is 2.28. The van der Waals surface area contributed by atoms with Crippen molar-refractivity contribution in [1.29, 1.82) is 0 Å². The molecule has 2 heterocycles. The third-order valence-corrected chi connectivity index (χ3v) is 5.40. The number of carbonyl (C=O) groups excluding carboxylic acids is 1. The minimum absolute atomic E-state index is 0.248. The van der Waals surface area contributed by atoms with Crippen molar-refractivity contribution in [2.75, 3.05) is 5.32 Å². The average molecular weight is 356 g/mol. The number of amides is 2. The predicted molar refractivity (Wildman–Crippen MR) is 97.6 cm³/mol. The molecule has 25 heavy (non-hydrogen) atoms. The molecule has 130 valence electrons. The summed E-state index contributed by atoms with van der Waals surface area (Å²) in [6, 6.07) is 5.89. The SMILES string of the molecule is O=C(NCc1nncn1C1CCCCC1)Nc1ccc2ncsc2c1. The van der Waals surface area contributed by atoms with E-state index in [9.17, 15) is 4.79 Å². The van der Waals surface area contributed by atoms with Crippen molar-refractivity contribution < 1.29 is 4.79 Å². The van der Waals surface area contributed by atoms with Gasteiger partial charge in [-0.3, -0.25) is 0 Å². The third-order valence-electron chi connectivity index (χ3n) is 4.61. The maximum absolute atomic E-state index is 12.2. The van der Waals surface area contributed by atoms with Gasteiger partial charge in [-0.05, 0) is 31.0 Å². The minimum atomic E-state index is -0.248. The topological polar surface area (TPSA) is 84.7 Å². The number of nitrogens with one attached hydrogen (secondary N) is 2. The van der Waals surface area contributed by atoms with Gasteiger partial charge in [0.2, 0.25) is 0 Å². The van der Waals surface area contributed by atoms with Gasteiger partial charge in [0.1, 0.15) is 6.33 Å². The summed E-state index contributed by atoms with van der Waals surface area (Å²) >= 11 is 1.55. The number of nitrogens with zero attached hydrogens (tertiary/aromatic N) is 4. The Labute approximate surface area is 149 Å². The zero-order valence-corrected chi connectivity index (χ0v) is 14.6. The van der Waals surface area contributed by atoms with E-state index in [2.05, 4.69) is 30.4 Å². The first kappa shape index (κ1) is 16.0. The first-order chi connectivity index (χ1) is 12.3. The Morgan fingerprint density at radius 2 is 2.16 bits per heavy atom. The van der Waals surface area contributed by atoms with Crippen molar-refractivity contribution in [3.05, 3.63) is 35.9 Å². The average Bonchev–Trinajstić information content (AvgIpc) is 3.29. The summed E-state index contributed by atoms with van der Waals surface area (Å²) in [4.78, 5) is 16.4. The molecule has 0 aliphatic heterocycles. The summed E-state index contributed by atoms with van der Waals surface area (Å²) in [5.74, 6) is 0.806. The summed E-state index contributed by atoms with van der Waals surface area (Å²) in [6.45, 7) is 0.366. The smallest absolute Gasteiger partial charge is 0.319 e. The van der Waals surface area contributed by atoms with Gasteiger partial charge in [-0.1, -0.05) is 19.3 Å². The Kier molecular flexibility index (Phi) is 4.60. The molecule has 8 heteroatoms. The molecule has 1 fully saturated rings. The normalized spacial score (nSPS) is 15.4. The number of urea groups is 1. The van der Waals surface area contributed by atoms with Gasteiger partial charge in [0.25, 0.3) is 0 Å². The van der Waals surface area contributed by atoms with Crippen LogP contribution in [0, 0.1) is 0 Å². The highest BCUT2D eigenvalue weighted by atomic mass is 32.1. The van der Waals surface area contributed by atoms with E-state index in [1.54, 1.807) is 23.2 Å². The molecule has 0 unspecified atom stereocenters. The van der Waals surface area contributed by atoms with Gasteiger partial charge in [-0.15, -0.1) is 21.5 Å². The van der Waals surface area contributed by atoms with Crippen LogP contribution in [0.1, 0.15) is 44.0 Å². The quantitative estimate of drug-likeness (QED) is 0.746. The van der Waals surface area contributed by atoms with E-state index in [1.807, 2.05) is 18.2 Å². The summed E-state index contributed by atoms with van der Waals surface area (Å²) in [6.07, 6.45) is 7.89. The van der Waals surface area contributed by atoms with Crippen LogP contribution in [0.3, 0.4) is 0 Å². The molecule has 0 atom stereocenters. The largest absolute Gasteiger partial charge is 0.331 e. The second-order valence-electron chi connectivity index (χ2n) is 6.29. The van der Waals surface area contributed by atoms with Crippen LogP contribution in [0.5, 0.6) is 0 Å². The van der Waals surface area contributed by atoms with Gasteiger partial charge in [-0.2, -0.15) is 0 Å². The fourth-order valence-electron chi connectivity index (χ4n) is 3.32. The first-order valence-electron chi connectivity index (χ1n) is 8.56. The van der Waals surface area contributed by atoms with E-state index in [-0.39, 0.29) is 6.03 Å². The lowest BCUT2D eigenvalue weighted by molar-refractivity contribution is 0.251. The second-order valence-corrected chi connectivity index (χ2v) is 7.18. The highest BCUT2D eigenvalue weighted by molar-refractivity contribution is 7.16. The van der Waals surface area contributed by atoms with Crippen molar-refractivity contribution in [2.24, 2.45) is 0 Å². The number of hydrogen-bond donors (Lipinski definition) is 2. The van der Waals surface area contributed by atoms with E-state index in [4.69, 9.17) is 0 Å². The number of rotatable bonds is 4. The van der Waals surface area contributed by atoms with E-state index >= 15 is 0 Å². The lowest BCUT2D eigenvalue weighted by Crippen LogP contribution is -2.30. The Balaban J connectivity index is 1.36. The van der Waals surface area contributed by atoms with Gasteiger partial charge in [0.05, 0.1) is 22.3 Å². The molecule has 1 aromatic carbocycles. The molecule has 0 bridgehead atoms. The van der Waals surface area contributed by atoms with E-state index < -0.39 is 0 Å². The summed E-state index contributed by atoms with van der Waals surface area (Å²) < 4.78 is 3.16. The van der Waals surface area contributed by atoms with Gasteiger partial charge in [0, 0.05) is 11.7 Å². The molecule has 2 aromatic heterocycles. The van der Waals surface area contributed by atoms with Crippen molar-refractivity contribution in [1.82, 2.24) is 25.1 Å². The fraction of sp³-hybridized carbons (Fsp3) is 0.412. The Morgan fingerprint density at radius 1 is 1.28 bits per heavy atom. The first-order valence-corrected chi connectivity index (χ1v) is 9.44. The van der Waals surface area contributed by atoms with Crippen LogP contribution in [0.4, 0.5) is 10.5 Å². The fourth-order valence-corrected chi connectivity index (χ4v) is 4.04. The molecule has 0 radical (unpaired) electrons. The molecule has 1 aliphatic carbocycles. The predicted octanol–water partition coefficient (Wildman–Crippen LogP) is 3.71. The summed E-state index contributed by atoms with van der Waals surface area (Å²) in [5, 5.41) is 13.9. The Bertz CT molecular complexity index is 867. The zero-order valence-electron chi connectivity index (χ0n) is 13.8. The van der Waals surface area contributed by atoms with Crippen molar-refractivity contribution in [3.63, 3.8) is 0 Å². The Hall–Kier alpha value is -2.48. The lowest BCUT2D eigenvalue weighted by Gasteiger charge is -2.24. The number of anilines is 1. The number of carbonyl (C=O) groups is 1. The van der Waals surface area contributed by atoms with Gasteiger partial charge in [0.15, 0.2) is 5.82 Å². The highest BCUT2D eigenvalue weighted by Gasteiger charge is 2.18. The Morgan fingerprint density at radius 3 is 3.04 bits per heavy atom. The van der Waals surface area contributed by atoms with Crippen molar-refractivity contribution in [2.45, 2.75) is 44.7 Å². The zero-order chi connectivity index (χ0) is 17.1. The standard InChI is InChI=1S/C17H20N6OS/c24-17(21-12-6-7-14-15(8-12)25-11-19-14)18-9-16-22-20-10-23(16)13-4-2-1-3-5-13/h6-8,10-11,13H,1-5,9H2,(H2,18,21,24). The number of benzene rings is 1. The molecule has 1 aliphatic rings. The van der Waals surface area contributed by atoms with Crippen LogP contribution >= 0.6 is 11.3 Å². The maximum atomic E-state index is 12.2. The molecule has 1 saturated carbocycles. The molecule has 2 amide bonds. The van der Waals surface area contributed by atoms with E-state index in [1.165, 1.54) is 19.3 Å². The summed E-state index contributed by atoms with van der Waals surface area (Å²) in [7, 11) is 0. The van der Waals surface area contributed by atoms with Crippen LogP contribution in [0.25, 0.3) is 10.2 Å². The van der Waals surface area contributed by atoms with E-state index in [0.29, 0.717) is 12.6 Å². The van der Waals surface area contributed by atoms with Crippen LogP contribution < -0.4 is 10.6 Å². The van der Waals surface area contributed by atoms with Crippen LogP contribution in [0.2, 0.25) is 0 Å².